The van der Waals surface area contributed by atoms with Crippen LogP contribution in [-0.4, -0.2) is 24.6 Å². The van der Waals surface area contributed by atoms with Crippen molar-refractivity contribution < 1.29 is 32.2 Å². The molecule has 3 aromatic rings. The van der Waals surface area contributed by atoms with Crippen molar-refractivity contribution >= 4 is 39.0 Å². The molecule has 0 aliphatic carbocycles. The fourth-order valence-corrected chi connectivity index (χ4v) is 3.32. The number of hydrogen-bond acceptors (Lipinski definition) is 5. The number of ether oxygens (including phenoxy) is 2. The summed E-state index contributed by atoms with van der Waals surface area (Å²) in [4.78, 5) is 24.7. The van der Waals surface area contributed by atoms with Gasteiger partial charge in [-0.1, -0.05) is 12.1 Å². The summed E-state index contributed by atoms with van der Waals surface area (Å²) in [6, 6.07) is 11.2. The monoisotopic (exact) mass is 409 g/mol. The van der Waals surface area contributed by atoms with Crippen molar-refractivity contribution in [1.82, 2.24) is 0 Å². The summed E-state index contributed by atoms with van der Waals surface area (Å²) >= 11 is 1.10. The van der Waals surface area contributed by atoms with Crippen molar-refractivity contribution in [2.45, 2.75) is 19.6 Å². The van der Waals surface area contributed by atoms with Crippen molar-refractivity contribution in [3.05, 3.63) is 59.2 Å². The number of hydrogen-bond donors (Lipinski definition) is 1. The lowest BCUT2D eigenvalue weighted by molar-refractivity contribution is -0.123. The summed E-state index contributed by atoms with van der Waals surface area (Å²) in [7, 11) is 0. The molecule has 1 atom stereocenters. The molecule has 0 saturated heterocycles. The van der Waals surface area contributed by atoms with Crippen LogP contribution in [0.1, 0.15) is 16.6 Å². The van der Waals surface area contributed by atoms with Gasteiger partial charge in [0, 0.05) is 4.70 Å². The van der Waals surface area contributed by atoms with E-state index in [-0.39, 0.29) is 16.3 Å². The molecule has 0 aliphatic rings. The normalized spacial score (nSPS) is 12.0. The smallest absolute Gasteiger partial charge is 0.387 e. The van der Waals surface area contributed by atoms with Gasteiger partial charge in [-0.2, -0.15) is 8.78 Å². The molecule has 1 heterocycles. The molecule has 9 heteroatoms. The first-order chi connectivity index (χ1) is 13.3. The number of nitrogens with one attached hydrogen (secondary N) is 1. The number of amides is 1. The highest BCUT2D eigenvalue weighted by Gasteiger charge is 2.22. The fraction of sp³-hybridized carbons (Fsp3) is 0.158. The maximum atomic E-state index is 13.3. The van der Waals surface area contributed by atoms with Gasteiger partial charge in [0.1, 0.15) is 16.4 Å². The topological polar surface area (TPSA) is 64.6 Å². The van der Waals surface area contributed by atoms with Crippen LogP contribution in [0, 0.1) is 5.82 Å². The predicted molar refractivity (Wildman–Crippen MR) is 98.4 cm³/mol. The molecule has 0 saturated carbocycles. The van der Waals surface area contributed by atoms with Gasteiger partial charge in [0.05, 0.1) is 5.69 Å². The number of alkyl halides is 2. The first kappa shape index (κ1) is 19.7. The third kappa shape index (κ3) is 4.61. The van der Waals surface area contributed by atoms with E-state index >= 15 is 0 Å². The van der Waals surface area contributed by atoms with Gasteiger partial charge in [-0.25, -0.2) is 9.18 Å². The van der Waals surface area contributed by atoms with Gasteiger partial charge in [-0.15, -0.1) is 11.3 Å². The summed E-state index contributed by atoms with van der Waals surface area (Å²) in [5.41, 5.74) is 0.0213. The number of carbonyl (C=O) groups excluding carboxylic acids is 2. The average Bonchev–Trinajstić information content (AvgIpc) is 3.06. The van der Waals surface area contributed by atoms with Gasteiger partial charge in [0.2, 0.25) is 0 Å². The number of anilines is 1. The van der Waals surface area contributed by atoms with E-state index in [0.717, 1.165) is 11.3 Å². The predicted octanol–water partition coefficient (Wildman–Crippen LogP) is 4.83. The van der Waals surface area contributed by atoms with Gasteiger partial charge in [0.25, 0.3) is 5.91 Å². The molecular formula is C19H14F3NO4S. The molecule has 0 fully saturated rings. The van der Waals surface area contributed by atoms with E-state index < -0.39 is 30.4 Å². The molecule has 1 N–H and O–H groups in total. The number of rotatable bonds is 6. The van der Waals surface area contributed by atoms with Crippen LogP contribution in [0.3, 0.4) is 0 Å². The molecule has 0 aliphatic heterocycles. The number of thiophene rings is 1. The van der Waals surface area contributed by atoms with Crippen LogP contribution >= 0.6 is 11.3 Å². The second-order valence-corrected chi connectivity index (χ2v) is 6.79. The second kappa shape index (κ2) is 8.30. The molecule has 2 aromatic carbocycles. The maximum Gasteiger partial charge on any atom is 0.387 e. The Bertz CT molecular complexity index is 1020. The van der Waals surface area contributed by atoms with Crippen molar-refractivity contribution in [1.29, 1.82) is 0 Å². The quantitative estimate of drug-likeness (QED) is 0.593. The van der Waals surface area contributed by atoms with Crippen LogP contribution in [0.2, 0.25) is 0 Å². The lowest BCUT2D eigenvalue weighted by Crippen LogP contribution is -2.30. The number of halogens is 3. The molecule has 1 aromatic heterocycles. The molecule has 0 unspecified atom stereocenters. The van der Waals surface area contributed by atoms with Crippen LogP contribution in [-0.2, 0) is 9.53 Å². The van der Waals surface area contributed by atoms with Crippen LogP contribution in [0.15, 0.2) is 48.5 Å². The Balaban J connectivity index is 1.67. The Kier molecular flexibility index (Phi) is 5.84. The highest BCUT2D eigenvalue weighted by atomic mass is 32.1. The van der Waals surface area contributed by atoms with Gasteiger partial charge in [-0.05, 0) is 48.7 Å². The zero-order valence-corrected chi connectivity index (χ0v) is 15.3. The largest absolute Gasteiger partial charge is 0.448 e. The minimum Gasteiger partial charge on any atom is -0.448 e. The molecule has 28 heavy (non-hydrogen) atoms. The number of para-hydroxylation sites is 2. The number of fused-ring (bicyclic) bond motifs is 1. The van der Waals surface area contributed by atoms with Crippen molar-refractivity contribution in [3.63, 3.8) is 0 Å². The van der Waals surface area contributed by atoms with Crippen LogP contribution in [0.4, 0.5) is 18.9 Å². The summed E-state index contributed by atoms with van der Waals surface area (Å²) in [6.07, 6.45) is -1.20. The number of esters is 1. The molecular weight excluding hydrogens is 395 g/mol. The lowest BCUT2D eigenvalue weighted by atomic mass is 10.2. The van der Waals surface area contributed by atoms with E-state index in [1.807, 2.05) is 0 Å². The van der Waals surface area contributed by atoms with Crippen molar-refractivity contribution in [3.8, 4) is 5.75 Å². The van der Waals surface area contributed by atoms with E-state index in [4.69, 9.17) is 4.74 Å². The molecule has 0 bridgehead atoms. The van der Waals surface area contributed by atoms with Gasteiger partial charge < -0.3 is 14.8 Å². The summed E-state index contributed by atoms with van der Waals surface area (Å²) in [5.74, 6) is -2.11. The highest BCUT2D eigenvalue weighted by molar-refractivity contribution is 7.20. The van der Waals surface area contributed by atoms with Crippen LogP contribution in [0.25, 0.3) is 10.1 Å². The molecule has 1 amide bonds. The fourth-order valence-electron chi connectivity index (χ4n) is 2.39. The summed E-state index contributed by atoms with van der Waals surface area (Å²) in [6.45, 7) is -1.71. The first-order valence-electron chi connectivity index (χ1n) is 8.08. The minimum atomic E-state index is -3.05. The van der Waals surface area contributed by atoms with Crippen molar-refractivity contribution in [2.75, 3.05) is 5.32 Å². The van der Waals surface area contributed by atoms with E-state index in [0.29, 0.717) is 10.1 Å². The molecule has 3 rings (SSSR count). The summed E-state index contributed by atoms with van der Waals surface area (Å²) in [5, 5.41) is 2.93. The average molecular weight is 409 g/mol. The lowest BCUT2D eigenvalue weighted by Gasteiger charge is -2.15. The highest BCUT2D eigenvalue weighted by Crippen LogP contribution is 2.28. The van der Waals surface area contributed by atoms with E-state index in [1.54, 1.807) is 6.07 Å². The van der Waals surface area contributed by atoms with E-state index in [9.17, 15) is 22.8 Å². The maximum absolute atomic E-state index is 13.3. The molecule has 146 valence electrons. The molecule has 5 nitrogen and oxygen atoms in total. The Labute approximate surface area is 161 Å². The summed E-state index contributed by atoms with van der Waals surface area (Å²) < 4.78 is 48.3. The SMILES string of the molecule is C[C@@H](OC(=O)c1cc2cc(F)ccc2s1)C(=O)Nc1ccccc1OC(F)F. The number of benzene rings is 2. The third-order valence-corrected chi connectivity index (χ3v) is 4.79. The van der Waals surface area contributed by atoms with Gasteiger partial charge in [0.15, 0.2) is 6.10 Å². The Morgan fingerprint density at radius 1 is 1.11 bits per heavy atom. The number of carbonyl (C=O) groups is 2. The van der Waals surface area contributed by atoms with Gasteiger partial charge >= 0.3 is 12.6 Å². The third-order valence-electron chi connectivity index (χ3n) is 3.69. The van der Waals surface area contributed by atoms with Crippen LogP contribution in [0.5, 0.6) is 5.75 Å². The van der Waals surface area contributed by atoms with Crippen LogP contribution < -0.4 is 10.1 Å². The van der Waals surface area contributed by atoms with E-state index in [2.05, 4.69) is 10.1 Å². The molecule has 0 spiro atoms. The standard InChI is InChI=1S/C19H14F3NO4S/c1-10(17(24)23-13-4-2-3-5-14(13)27-19(21)22)26-18(25)16-9-11-8-12(20)6-7-15(11)28-16/h2-10,19H,1H3,(H,23,24)/t10-/m1/s1. The van der Waals surface area contributed by atoms with Gasteiger partial charge in [-0.3, -0.25) is 4.79 Å². The second-order valence-electron chi connectivity index (χ2n) is 5.70. The van der Waals surface area contributed by atoms with Crippen molar-refractivity contribution in [2.24, 2.45) is 0 Å². The zero-order chi connectivity index (χ0) is 20.3. The zero-order valence-electron chi connectivity index (χ0n) is 14.4. The Morgan fingerprint density at radius 2 is 1.86 bits per heavy atom. The minimum absolute atomic E-state index is 0.0213. The van der Waals surface area contributed by atoms with E-state index in [1.165, 1.54) is 49.4 Å². The first-order valence-corrected chi connectivity index (χ1v) is 8.90. The Hall–Kier alpha value is -3.07. The molecule has 0 radical (unpaired) electrons. The Morgan fingerprint density at radius 3 is 2.61 bits per heavy atom.